The van der Waals surface area contributed by atoms with E-state index in [0.717, 1.165) is 25.9 Å². The standard InChI is InChI=1S/C17H28N4O4/c1-17(18,16(24)25)20-15(23)13-3-2-10-21(11-13)14(22)5-4-12-6-8-19-9-7-12/h4-5,12-13,19H,2-3,6-11,18H2,1H3,(H,20,23)(H,24,25)/t13?,17-/m0/s1. The van der Waals surface area contributed by atoms with Gasteiger partial charge in [-0.3, -0.25) is 15.3 Å². The fourth-order valence-corrected chi connectivity index (χ4v) is 3.16. The topological polar surface area (TPSA) is 125 Å². The van der Waals surface area contributed by atoms with Crippen molar-refractivity contribution in [3.8, 4) is 0 Å². The fraction of sp³-hybridized carbons (Fsp3) is 0.706. The lowest BCUT2D eigenvalue weighted by atomic mass is 9.95. The number of hydrogen-bond donors (Lipinski definition) is 4. The molecule has 2 amide bonds. The van der Waals surface area contributed by atoms with Gasteiger partial charge in [0.2, 0.25) is 11.8 Å². The highest BCUT2D eigenvalue weighted by Crippen LogP contribution is 2.19. The Labute approximate surface area is 147 Å². The molecule has 140 valence electrons. The maximum Gasteiger partial charge on any atom is 0.344 e. The van der Waals surface area contributed by atoms with E-state index < -0.39 is 23.5 Å². The number of amides is 2. The molecular formula is C17H28N4O4. The maximum atomic E-state index is 12.4. The highest BCUT2D eigenvalue weighted by molar-refractivity contribution is 5.90. The molecule has 8 nitrogen and oxygen atoms in total. The van der Waals surface area contributed by atoms with Crippen LogP contribution in [0.4, 0.5) is 0 Å². The Bertz CT molecular complexity index is 541. The zero-order valence-corrected chi connectivity index (χ0v) is 14.7. The van der Waals surface area contributed by atoms with Crippen LogP contribution in [0.5, 0.6) is 0 Å². The molecule has 0 aromatic rings. The van der Waals surface area contributed by atoms with Crippen LogP contribution in [0.1, 0.15) is 32.6 Å². The predicted octanol–water partition coefficient (Wildman–Crippen LogP) is -0.343. The molecule has 25 heavy (non-hydrogen) atoms. The molecule has 0 aromatic carbocycles. The highest BCUT2D eigenvalue weighted by atomic mass is 16.4. The molecule has 2 saturated heterocycles. The minimum Gasteiger partial charge on any atom is -0.479 e. The number of carbonyl (C=O) groups excluding carboxylic acids is 2. The van der Waals surface area contributed by atoms with Gasteiger partial charge in [0.05, 0.1) is 5.92 Å². The minimum absolute atomic E-state index is 0.0928. The van der Waals surface area contributed by atoms with Crippen molar-refractivity contribution in [2.75, 3.05) is 26.2 Å². The normalized spacial score (nSPS) is 24.7. The highest BCUT2D eigenvalue weighted by Gasteiger charge is 2.34. The van der Waals surface area contributed by atoms with Gasteiger partial charge in [-0.25, -0.2) is 4.79 Å². The van der Waals surface area contributed by atoms with Gasteiger partial charge in [0, 0.05) is 13.1 Å². The van der Waals surface area contributed by atoms with Crippen LogP contribution in [0.3, 0.4) is 0 Å². The molecule has 2 aliphatic heterocycles. The summed E-state index contributed by atoms with van der Waals surface area (Å²) in [6.07, 6.45) is 6.95. The Balaban J connectivity index is 1.88. The molecule has 2 rings (SSSR count). The second-order valence-corrected chi connectivity index (χ2v) is 7.07. The fourth-order valence-electron chi connectivity index (χ4n) is 3.16. The molecule has 2 heterocycles. The summed E-state index contributed by atoms with van der Waals surface area (Å²) in [4.78, 5) is 37.3. The lowest BCUT2D eigenvalue weighted by Crippen LogP contribution is -2.61. The molecule has 0 bridgehead atoms. The van der Waals surface area contributed by atoms with E-state index in [0.29, 0.717) is 25.3 Å². The second-order valence-electron chi connectivity index (χ2n) is 7.07. The summed E-state index contributed by atoms with van der Waals surface area (Å²) in [5, 5.41) is 14.6. The van der Waals surface area contributed by atoms with E-state index in [-0.39, 0.29) is 12.5 Å². The summed E-state index contributed by atoms with van der Waals surface area (Å²) >= 11 is 0. The molecular weight excluding hydrogens is 324 g/mol. The first-order valence-corrected chi connectivity index (χ1v) is 8.81. The molecule has 0 aliphatic carbocycles. The molecule has 2 aliphatic rings. The number of piperidine rings is 2. The van der Waals surface area contributed by atoms with E-state index in [1.54, 1.807) is 11.0 Å². The van der Waals surface area contributed by atoms with Gasteiger partial charge in [-0.2, -0.15) is 0 Å². The Morgan fingerprint density at radius 3 is 2.60 bits per heavy atom. The molecule has 5 N–H and O–H groups in total. The van der Waals surface area contributed by atoms with Gasteiger partial charge >= 0.3 is 5.97 Å². The van der Waals surface area contributed by atoms with Gasteiger partial charge in [0.15, 0.2) is 5.66 Å². The van der Waals surface area contributed by atoms with Crippen LogP contribution in [0, 0.1) is 11.8 Å². The van der Waals surface area contributed by atoms with Gasteiger partial charge in [-0.1, -0.05) is 6.08 Å². The average molecular weight is 352 g/mol. The van der Waals surface area contributed by atoms with E-state index in [4.69, 9.17) is 10.8 Å². The number of rotatable bonds is 5. The van der Waals surface area contributed by atoms with Crippen molar-refractivity contribution in [2.45, 2.75) is 38.3 Å². The Morgan fingerprint density at radius 1 is 1.28 bits per heavy atom. The zero-order chi connectivity index (χ0) is 18.4. The van der Waals surface area contributed by atoms with Gasteiger partial charge in [0.25, 0.3) is 0 Å². The summed E-state index contributed by atoms with van der Waals surface area (Å²) in [6, 6.07) is 0. The van der Waals surface area contributed by atoms with Gasteiger partial charge in [-0.05, 0) is 57.7 Å². The molecule has 1 unspecified atom stereocenters. The van der Waals surface area contributed by atoms with Crippen LogP contribution < -0.4 is 16.4 Å². The number of nitrogens with two attached hydrogens (primary N) is 1. The molecule has 0 spiro atoms. The Hall–Kier alpha value is -1.93. The average Bonchev–Trinajstić information content (AvgIpc) is 2.60. The number of carbonyl (C=O) groups is 3. The number of nitrogens with one attached hydrogen (secondary N) is 2. The summed E-state index contributed by atoms with van der Waals surface area (Å²) in [6.45, 7) is 4.07. The van der Waals surface area contributed by atoms with Crippen molar-refractivity contribution in [2.24, 2.45) is 17.6 Å². The molecule has 0 saturated carbocycles. The number of carboxylic acids is 1. The largest absolute Gasteiger partial charge is 0.479 e. The number of nitrogens with zero attached hydrogens (tertiary/aromatic N) is 1. The van der Waals surface area contributed by atoms with Crippen LogP contribution >= 0.6 is 0 Å². The SMILES string of the molecule is C[C@](N)(NC(=O)C1CCCN(C(=O)C=CC2CCNCC2)C1)C(=O)O. The van der Waals surface area contributed by atoms with E-state index in [9.17, 15) is 14.4 Å². The minimum atomic E-state index is -1.81. The van der Waals surface area contributed by atoms with Crippen molar-refractivity contribution in [1.82, 2.24) is 15.5 Å². The maximum absolute atomic E-state index is 12.4. The van der Waals surface area contributed by atoms with Crippen LogP contribution in [0.2, 0.25) is 0 Å². The smallest absolute Gasteiger partial charge is 0.344 e. The van der Waals surface area contributed by atoms with Gasteiger partial charge in [0.1, 0.15) is 0 Å². The number of carboxylic acid groups (broad SMARTS) is 1. The van der Waals surface area contributed by atoms with Crippen molar-refractivity contribution >= 4 is 17.8 Å². The summed E-state index contributed by atoms with van der Waals surface area (Å²) in [5.74, 6) is -1.83. The van der Waals surface area contributed by atoms with Crippen molar-refractivity contribution in [3.05, 3.63) is 12.2 Å². The number of likely N-dealkylation sites (tertiary alicyclic amines) is 1. The third kappa shape index (κ3) is 5.54. The van der Waals surface area contributed by atoms with Crippen molar-refractivity contribution in [3.63, 3.8) is 0 Å². The van der Waals surface area contributed by atoms with Crippen molar-refractivity contribution < 1.29 is 19.5 Å². The van der Waals surface area contributed by atoms with E-state index in [1.807, 2.05) is 6.08 Å². The predicted molar refractivity (Wildman–Crippen MR) is 92.4 cm³/mol. The summed E-state index contributed by atoms with van der Waals surface area (Å²) in [5.41, 5.74) is 3.76. The van der Waals surface area contributed by atoms with Crippen LogP contribution in [-0.4, -0.2) is 59.6 Å². The first kappa shape index (κ1) is 19.4. The molecule has 0 aromatic heterocycles. The van der Waals surface area contributed by atoms with Crippen LogP contribution in [-0.2, 0) is 14.4 Å². The molecule has 8 heteroatoms. The monoisotopic (exact) mass is 352 g/mol. The second kappa shape index (κ2) is 8.44. The summed E-state index contributed by atoms with van der Waals surface area (Å²) in [7, 11) is 0. The number of hydrogen-bond acceptors (Lipinski definition) is 5. The lowest BCUT2D eigenvalue weighted by Gasteiger charge is -2.33. The van der Waals surface area contributed by atoms with E-state index in [2.05, 4.69) is 10.6 Å². The third-order valence-corrected chi connectivity index (χ3v) is 4.83. The summed E-state index contributed by atoms with van der Waals surface area (Å²) < 4.78 is 0. The molecule has 0 radical (unpaired) electrons. The van der Waals surface area contributed by atoms with Crippen LogP contribution in [0.25, 0.3) is 0 Å². The number of allylic oxidation sites excluding steroid dienone is 1. The van der Waals surface area contributed by atoms with E-state index in [1.165, 1.54) is 6.92 Å². The molecule has 2 fully saturated rings. The Morgan fingerprint density at radius 2 is 1.96 bits per heavy atom. The van der Waals surface area contributed by atoms with E-state index >= 15 is 0 Å². The first-order valence-electron chi connectivity index (χ1n) is 8.81. The Kier molecular flexibility index (Phi) is 6.55. The van der Waals surface area contributed by atoms with Gasteiger partial charge < -0.3 is 20.6 Å². The third-order valence-electron chi connectivity index (χ3n) is 4.83. The molecule has 2 atom stereocenters. The van der Waals surface area contributed by atoms with Gasteiger partial charge in [-0.15, -0.1) is 0 Å². The quantitative estimate of drug-likeness (QED) is 0.396. The first-order chi connectivity index (χ1) is 11.8. The zero-order valence-electron chi connectivity index (χ0n) is 14.7. The van der Waals surface area contributed by atoms with Crippen LogP contribution in [0.15, 0.2) is 12.2 Å². The number of aliphatic carboxylic acids is 1. The lowest BCUT2D eigenvalue weighted by molar-refractivity contribution is -0.148. The van der Waals surface area contributed by atoms with Crippen molar-refractivity contribution in [1.29, 1.82) is 0 Å².